The lowest BCUT2D eigenvalue weighted by Crippen LogP contribution is -2.37. The van der Waals surface area contributed by atoms with E-state index in [0.29, 0.717) is 30.9 Å². The molecule has 2 aromatic rings. The Morgan fingerprint density at radius 1 is 0.964 bits per heavy atom. The molecule has 0 aliphatic rings. The minimum Gasteiger partial charge on any atom is -0.494 e. The van der Waals surface area contributed by atoms with Crippen molar-refractivity contribution in [3.63, 3.8) is 0 Å². The number of benzene rings is 2. The van der Waals surface area contributed by atoms with E-state index in [4.69, 9.17) is 4.74 Å². The number of hydrogen-bond acceptors (Lipinski definition) is 4. The highest BCUT2D eigenvalue weighted by Crippen LogP contribution is 2.15. The van der Waals surface area contributed by atoms with Gasteiger partial charge >= 0.3 is 6.61 Å². The predicted molar refractivity (Wildman–Crippen MR) is 99.7 cm³/mol. The fourth-order valence-corrected chi connectivity index (χ4v) is 2.38. The van der Waals surface area contributed by atoms with E-state index in [1.807, 2.05) is 6.92 Å². The van der Waals surface area contributed by atoms with Gasteiger partial charge in [-0.1, -0.05) is 12.1 Å². The van der Waals surface area contributed by atoms with Gasteiger partial charge in [0.15, 0.2) is 0 Å². The van der Waals surface area contributed by atoms with Gasteiger partial charge in [-0.3, -0.25) is 9.59 Å². The maximum atomic E-state index is 12.1. The van der Waals surface area contributed by atoms with Crippen LogP contribution in [0.15, 0.2) is 48.5 Å². The number of hydrogen-bond donors (Lipinski definition) is 2. The van der Waals surface area contributed by atoms with E-state index in [-0.39, 0.29) is 24.1 Å². The average Bonchev–Trinajstić information content (AvgIpc) is 2.68. The second kappa shape index (κ2) is 10.9. The second-order valence-corrected chi connectivity index (χ2v) is 5.76. The maximum Gasteiger partial charge on any atom is 0.387 e. The smallest absolute Gasteiger partial charge is 0.387 e. The van der Waals surface area contributed by atoms with Crippen molar-refractivity contribution >= 4 is 11.8 Å². The summed E-state index contributed by atoms with van der Waals surface area (Å²) >= 11 is 0. The van der Waals surface area contributed by atoms with Gasteiger partial charge in [-0.2, -0.15) is 8.78 Å². The van der Waals surface area contributed by atoms with Crippen molar-refractivity contribution in [1.29, 1.82) is 0 Å². The molecule has 28 heavy (non-hydrogen) atoms. The maximum absolute atomic E-state index is 12.1. The highest BCUT2D eigenvalue weighted by Gasteiger charge is 2.08. The monoisotopic (exact) mass is 392 g/mol. The Bertz CT molecular complexity index is 765. The fraction of sp³-hybridized carbons (Fsp3) is 0.300. The highest BCUT2D eigenvalue weighted by molar-refractivity contribution is 5.96. The summed E-state index contributed by atoms with van der Waals surface area (Å²) in [5.41, 5.74) is 1.29. The van der Waals surface area contributed by atoms with E-state index in [0.717, 1.165) is 5.56 Å². The van der Waals surface area contributed by atoms with Gasteiger partial charge in [0.25, 0.3) is 5.91 Å². The lowest BCUT2D eigenvalue weighted by Gasteiger charge is -2.09. The summed E-state index contributed by atoms with van der Waals surface area (Å²) in [6, 6.07) is 12.8. The SMILES string of the molecule is CCOc1ccc(C(=O)NCC(=O)NCCc2ccc(OC(F)F)cc2)cc1. The van der Waals surface area contributed by atoms with Crippen LogP contribution in [0, 0.1) is 0 Å². The van der Waals surface area contributed by atoms with Gasteiger partial charge < -0.3 is 20.1 Å². The first-order valence-corrected chi connectivity index (χ1v) is 8.79. The molecule has 0 spiro atoms. The predicted octanol–water partition coefficient (Wildman–Crippen LogP) is 2.78. The zero-order valence-corrected chi connectivity index (χ0v) is 15.4. The Balaban J connectivity index is 1.68. The minimum absolute atomic E-state index is 0.0831. The topological polar surface area (TPSA) is 76.7 Å². The largest absolute Gasteiger partial charge is 0.494 e. The Hall–Kier alpha value is -3.16. The molecule has 2 rings (SSSR count). The number of nitrogens with one attached hydrogen (secondary N) is 2. The molecule has 0 radical (unpaired) electrons. The van der Waals surface area contributed by atoms with E-state index >= 15 is 0 Å². The third kappa shape index (κ3) is 7.22. The van der Waals surface area contributed by atoms with Crippen molar-refractivity contribution in [3.05, 3.63) is 59.7 Å². The Morgan fingerprint density at radius 2 is 1.61 bits per heavy atom. The second-order valence-electron chi connectivity index (χ2n) is 5.76. The first kappa shape index (κ1) is 21.1. The minimum atomic E-state index is -2.86. The summed E-state index contributed by atoms with van der Waals surface area (Å²) in [4.78, 5) is 23.9. The zero-order chi connectivity index (χ0) is 20.4. The van der Waals surface area contributed by atoms with E-state index in [1.54, 1.807) is 36.4 Å². The van der Waals surface area contributed by atoms with Gasteiger partial charge in [0.05, 0.1) is 13.2 Å². The molecule has 0 heterocycles. The third-order valence-electron chi connectivity index (χ3n) is 3.72. The molecule has 0 saturated carbocycles. The van der Waals surface area contributed by atoms with Crippen LogP contribution < -0.4 is 20.1 Å². The number of halogens is 2. The normalized spacial score (nSPS) is 10.4. The van der Waals surface area contributed by atoms with Crippen LogP contribution >= 0.6 is 0 Å². The first-order valence-electron chi connectivity index (χ1n) is 8.79. The lowest BCUT2D eigenvalue weighted by atomic mass is 10.1. The molecule has 0 aliphatic carbocycles. The molecule has 0 fully saturated rings. The summed E-state index contributed by atoms with van der Waals surface area (Å²) in [5.74, 6) is 0.0788. The summed E-state index contributed by atoms with van der Waals surface area (Å²) in [7, 11) is 0. The Kier molecular flexibility index (Phi) is 8.20. The van der Waals surface area contributed by atoms with Crippen LogP contribution in [0.1, 0.15) is 22.8 Å². The quantitative estimate of drug-likeness (QED) is 0.652. The number of carbonyl (C=O) groups is 2. The van der Waals surface area contributed by atoms with E-state index < -0.39 is 6.61 Å². The molecule has 2 aromatic carbocycles. The van der Waals surface area contributed by atoms with Gasteiger partial charge in [-0.15, -0.1) is 0 Å². The summed E-state index contributed by atoms with van der Waals surface area (Å²) in [5, 5.41) is 5.23. The lowest BCUT2D eigenvalue weighted by molar-refractivity contribution is -0.120. The van der Waals surface area contributed by atoms with Crippen LogP contribution in [0.25, 0.3) is 0 Å². The molecule has 0 unspecified atom stereocenters. The number of amides is 2. The van der Waals surface area contributed by atoms with E-state index in [2.05, 4.69) is 15.4 Å². The molecule has 8 heteroatoms. The van der Waals surface area contributed by atoms with Crippen LogP contribution in [0.4, 0.5) is 8.78 Å². The van der Waals surface area contributed by atoms with Gasteiger partial charge in [0.2, 0.25) is 5.91 Å². The van der Waals surface area contributed by atoms with Crippen LogP contribution in [-0.2, 0) is 11.2 Å². The van der Waals surface area contributed by atoms with Crippen molar-refractivity contribution in [3.8, 4) is 11.5 Å². The molecule has 0 aromatic heterocycles. The fourth-order valence-electron chi connectivity index (χ4n) is 2.38. The molecule has 0 atom stereocenters. The molecule has 0 bridgehead atoms. The van der Waals surface area contributed by atoms with Crippen molar-refractivity contribution in [2.45, 2.75) is 20.0 Å². The summed E-state index contributed by atoms with van der Waals surface area (Å²) in [6.45, 7) is -0.238. The number of carbonyl (C=O) groups excluding carboxylic acids is 2. The average molecular weight is 392 g/mol. The van der Waals surface area contributed by atoms with Crippen LogP contribution in [0.2, 0.25) is 0 Å². The molecule has 6 nitrogen and oxygen atoms in total. The molecular formula is C20H22F2N2O4. The summed E-state index contributed by atoms with van der Waals surface area (Å²) < 4.78 is 33.8. The third-order valence-corrected chi connectivity index (χ3v) is 3.72. The van der Waals surface area contributed by atoms with E-state index in [9.17, 15) is 18.4 Å². The van der Waals surface area contributed by atoms with E-state index in [1.165, 1.54) is 12.1 Å². The van der Waals surface area contributed by atoms with Crippen molar-refractivity contribution in [2.24, 2.45) is 0 Å². The van der Waals surface area contributed by atoms with Crippen LogP contribution in [-0.4, -0.2) is 38.1 Å². The van der Waals surface area contributed by atoms with Crippen LogP contribution in [0.3, 0.4) is 0 Å². The molecule has 150 valence electrons. The first-order chi connectivity index (χ1) is 13.5. The zero-order valence-electron chi connectivity index (χ0n) is 15.4. The molecular weight excluding hydrogens is 370 g/mol. The Labute approximate surface area is 161 Å². The number of rotatable bonds is 10. The molecule has 2 N–H and O–H groups in total. The molecule has 2 amide bonds. The van der Waals surface area contributed by atoms with Crippen LogP contribution in [0.5, 0.6) is 11.5 Å². The van der Waals surface area contributed by atoms with Gasteiger partial charge in [-0.05, 0) is 55.3 Å². The Morgan fingerprint density at radius 3 is 2.21 bits per heavy atom. The molecule has 0 aliphatic heterocycles. The number of alkyl halides is 2. The van der Waals surface area contributed by atoms with Gasteiger partial charge in [0.1, 0.15) is 11.5 Å². The standard InChI is InChI=1S/C20H22F2N2O4/c1-2-27-16-9-5-15(6-10-16)19(26)24-13-18(25)23-12-11-14-3-7-17(8-4-14)28-20(21)22/h3-10,20H,2,11-13H2,1H3,(H,23,25)(H,24,26). The molecule has 0 saturated heterocycles. The van der Waals surface area contributed by atoms with Crippen molar-refractivity contribution in [1.82, 2.24) is 10.6 Å². The van der Waals surface area contributed by atoms with Gasteiger partial charge in [-0.25, -0.2) is 0 Å². The summed E-state index contributed by atoms with van der Waals surface area (Å²) in [6.07, 6.45) is 0.521. The number of ether oxygens (including phenoxy) is 2. The highest BCUT2D eigenvalue weighted by atomic mass is 19.3. The van der Waals surface area contributed by atoms with Gasteiger partial charge in [0, 0.05) is 12.1 Å². The van der Waals surface area contributed by atoms with Crippen molar-refractivity contribution < 1.29 is 27.8 Å². The van der Waals surface area contributed by atoms with Crippen molar-refractivity contribution in [2.75, 3.05) is 19.7 Å².